The minimum Gasteiger partial charge on any atom is -0.355 e. The topological polar surface area (TPSA) is 58.2 Å². The van der Waals surface area contributed by atoms with Crippen LogP contribution >= 0.6 is 15.9 Å². The van der Waals surface area contributed by atoms with Gasteiger partial charge in [0.15, 0.2) is 0 Å². The number of amides is 2. The van der Waals surface area contributed by atoms with Crippen LogP contribution in [0.25, 0.3) is 0 Å². The van der Waals surface area contributed by atoms with Crippen molar-refractivity contribution in [3.8, 4) is 0 Å². The van der Waals surface area contributed by atoms with Crippen LogP contribution in [-0.4, -0.2) is 18.4 Å². The molecule has 0 bridgehead atoms. The molecule has 2 amide bonds. The van der Waals surface area contributed by atoms with Crippen molar-refractivity contribution in [3.05, 3.63) is 28.2 Å². The van der Waals surface area contributed by atoms with Gasteiger partial charge >= 0.3 is 0 Å². The Morgan fingerprint density at radius 2 is 2.05 bits per heavy atom. The average Bonchev–Trinajstić information content (AvgIpc) is 2.76. The van der Waals surface area contributed by atoms with Crippen molar-refractivity contribution < 1.29 is 9.59 Å². The Kier molecular flexibility index (Phi) is 4.42. The molecular formula is C16H21BrN2O2. The average molecular weight is 353 g/mol. The SMILES string of the molecule is Cc1ccc(NC(=O)[C@H]2C(=O)NC[C@@H]2C(C)(C)C)cc1Br. The van der Waals surface area contributed by atoms with Crippen LogP contribution in [0.5, 0.6) is 0 Å². The molecule has 0 spiro atoms. The molecule has 0 saturated carbocycles. The molecule has 21 heavy (non-hydrogen) atoms. The van der Waals surface area contributed by atoms with Crippen molar-refractivity contribution in [3.63, 3.8) is 0 Å². The van der Waals surface area contributed by atoms with Crippen LogP contribution in [0.1, 0.15) is 26.3 Å². The molecule has 114 valence electrons. The van der Waals surface area contributed by atoms with Gasteiger partial charge in [0.25, 0.3) is 0 Å². The van der Waals surface area contributed by atoms with Gasteiger partial charge in [0, 0.05) is 22.6 Å². The van der Waals surface area contributed by atoms with E-state index < -0.39 is 5.92 Å². The van der Waals surface area contributed by atoms with E-state index in [1.165, 1.54) is 0 Å². The fourth-order valence-electron chi connectivity index (χ4n) is 2.62. The Morgan fingerprint density at radius 3 is 2.62 bits per heavy atom. The molecule has 1 aromatic carbocycles. The first-order chi connectivity index (χ1) is 9.70. The third-order valence-electron chi connectivity index (χ3n) is 4.02. The third-order valence-corrected chi connectivity index (χ3v) is 4.87. The number of hydrogen-bond acceptors (Lipinski definition) is 2. The Labute approximate surface area is 133 Å². The molecule has 5 heteroatoms. The summed E-state index contributed by atoms with van der Waals surface area (Å²) in [6.45, 7) is 8.70. The number of rotatable bonds is 2. The lowest BCUT2D eigenvalue weighted by molar-refractivity contribution is -0.132. The van der Waals surface area contributed by atoms with E-state index in [2.05, 4.69) is 47.3 Å². The molecule has 4 nitrogen and oxygen atoms in total. The summed E-state index contributed by atoms with van der Waals surface area (Å²) in [4.78, 5) is 24.5. The first-order valence-electron chi connectivity index (χ1n) is 7.05. The molecule has 1 heterocycles. The van der Waals surface area contributed by atoms with Crippen LogP contribution in [0.2, 0.25) is 0 Å². The second kappa shape index (κ2) is 5.79. The van der Waals surface area contributed by atoms with Crippen molar-refractivity contribution in [2.45, 2.75) is 27.7 Å². The van der Waals surface area contributed by atoms with Gasteiger partial charge in [-0.1, -0.05) is 42.8 Å². The predicted octanol–water partition coefficient (Wildman–Crippen LogP) is 3.10. The van der Waals surface area contributed by atoms with Gasteiger partial charge in [-0.25, -0.2) is 0 Å². The first kappa shape index (κ1) is 16.0. The van der Waals surface area contributed by atoms with Gasteiger partial charge in [-0.2, -0.15) is 0 Å². The molecule has 0 aliphatic carbocycles. The molecular weight excluding hydrogens is 332 g/mol. The van der Waals surface area contributed by atoms with Crippen molar-refractivity contribution in [2.75, 3.05) is 11.9 Å². The van der Waals surface area contributed by atoms with Gasteiger partial charge in [-0.15, -0.1) is 0 Å². The molecule has 0 radical (unpaired) electrons. The largest absolute Gasteiger partial charge is 0.355 e. The van der Waals surface area contributed by atoms with Crippen LogP contribution in [-0.2, 0) is 9.59 Å². The summed E-state index contributed by atoms with van der Waals surface area (Å²) >= 11 is 3.44. The maximum absolute atomic E-state index is 12.5. The Morgan fingerprint density at radius 1 is 1.38 bits per heavy atom. The summed E-state index contributed by atoms with van der Waals surface area (Å²) < 4.78 is 0.934. The summed E-state index contributed by atoms with van der Waals surface area (Å²) in [6.07, 6.45) is 0. The van der Waals surface area contributed by atoms with E-state index in [9.17, 15) is 9.59 Å². The Balaban J connectivity index is 2.18. The number of halogens is 1. The monoisotopic (exact) mass is 352 g/mol. The zero-order valence-electron chi connectivity index (χ0n) is 12.8. The lowest BCUT2D eigenvalue weighted by Crippen LogP contribution is -2.37. The van der Waals surface area contributed by atoms with Crippen molar-refractivity contribution in [1.29, 1.82) is 0 Å². The number of benzene rings is 1. The van der Waals surface area contributed by atoms with E-state index in [1.54, 1.807) is 0 Å². The molecule has 2 N–H and O–H groups in total. The Bertz CT molecular complexity index is 578. The summed E-state index contributed by atoms with van der Waals surface area (Å²) in [7, 11) is 0. The van der Waals surface area contributed by atoms with E-state index in [4.69, 9.17) is 0 Å². The number of carbonyl (C=O) groups excluding carboxylic acids is 2. The predicted molar refractivity (Wildman–Crippen MR) is 87.0 cm³/mol. The minimum absolute atomic E-state index is 0.00103. The number of anilines is 1. The van der Waals surface area contributed by atoms with Crippen LogP contribution < -0.4 is 10.6 Å². The van der Waals surface area contributed by atoms with Gasteiger partial charge < -0.3 is 10.6 Å². The number of carbonyl (C=O) groups is 2. The van der Waals surface area contributed by atoms with Gasteiger partial charge in [0.05, 0.1) is 0 Å². The lowest BCUT2D eigenvalue weighted by atomic mass is 9.74. The fourth-order valence-corrected chi connectivity index (χ4v) is 3.00. The van der Waals surface area contributed by atoms with E-state index in [0.29, 0.717) is 12.2 Å². The van der Waals surface area contributed by atoms with Crippen molar-refractivity contribution in [2.24, 2.45) is 17.3 Å². The van der Waals surface area contributed by atoms with Gasteiger partial charge in [0.2, 0.25) is 11.8 Å². The summed E-state index contributed by atoms with van der Waals surface area (Å²) in [6, 6.07) is 5.62. The maximum atomic E-state index is 12.5. The first-order valence-corrected chi connectivity index (χ1v) is 7.84. The lowest BCUT2D eigenvalue weighted by Gasteiger charge is -2.29. The molecule has 1 aromatic rings. The highest BCUT2D eigenvalue weighted by atomic mass is 79.9. The Hall–Kier alpha value is -1.36. The van der Waals surface area contributed by atoms with E-state index in [-0.39, 0.29) is 23.1 Å². The third kappa shape index (κ3) is 3.46. The summed E-state index contributed by atoms with van der Waals surface area (Å²) in [5.41, 5.74) is 1.69. The van der Waals surface area contributed by atoms with Crippen molar-refractivity contribution in [1.82, 2.24) is 5.32 Å². The van der Waals surface area contributed by atoms with E-state index >= 15 is 0 Å². The zero-order chi connectivity index (χ0) is 15.8. The molecule has 2 atom stereocenters. The summed E-state index contributed by atoms with van der Waals surface area (Å²) in [5.74, 6) is -1.05. The quantitative estimate of drug-likeness (QED) is 0.803. The second-order valence-electron chi connectivity index (χ2n) is 6.65. The number of aryl methyl sites for hydroxylation is 1. The highest BCUT2D eigenvalue weighted by Crippen LogP contribution is 2.35. The van der Waals surface area contributed by atoms with Crippen LogP contribution in [0.15, 0.2) is 22.7 Å². The molecule has 0 unspecified atom stereocenters. The van der Waals surface area contributed by atoms with Gasteiger partial charge in [0.1, 0.15) is 5.92 Å². The van der Waals surface area contributed by atoms with E-state index in [0.717, 1.165) is 10.0 Å². The fraction of sp³-hybridized carbons (Fsp3) is 0.500. The highest BCUT2D eigenvalue weighted by molar-refractivity contribution is 9.10. The molecule has 1 fully saturated rings. The summed E-state index contributed by atoms with van der Waals surface area (Å²) in [5, 5.41) is 5.66. The van der Waals surface area contributed by atoms with Crippen molar-refractivity contribution >= 4 is 33.4 Å². The minimum atomic E-state index is -0.634. The number of hydrogen-bond donors (Lipinski definition) is 2. The van der Waals surface area contributed by atoms with E-state index in [1.807, 2.05) is 25.1 Å². The maximum Gasteiger partial charge on any atom is 0.237 e. The smallest absolute Gasteiger partial charge is 0.237 e. The van der Waals surface area contributed by atoms with Gasteiger partial charge in [-0.05, 0) is 30.0 Å². The zero-order valence-corrected chi connectivity index (χ0v) is 14.4. The standard InChI is InChI=1S/C16H21BrN2O2/c1-9-5-6-10(7-12(9)17)19-15(21)13-11(16(2,3)4)8-18-14(13)20/h5-7,11,13H,8H2,1-4H3,(H,18,20)(H,19,21)/t11-,13+/m0/s1. The second-order valence-corrected chi connectivity index (χ2v) is 7.50. The van der Waals surface area contributed by atoms with Gasteiger partial charge in [-0.3, -0.25) is 9.59 Å². The molecule has 0 aromatic heterocycles. The highest BCUT2D eigenvalue weighted by Gasteiger charge is 2.45. The molecule has 1 aliphatic heterocycles. The number of nitrogens with one attached hydrogen (secondary N) is 2. The van der Waals surface area contributed by atoms with Crippen LogP contribution in [0.4, 0.5) is 5.69 Å². The van der Waals surface area contributed by atoms with Crippen LogP contribution in [0, 0.1) is 24.2 Å². The molecule has 1 saturated heterocycles. The molecule has 2 rings (SSSR count). The normalized spacial score (nSPS) is 22.0. The molecule has 1 aliphatic rings. The van der Waals surface area contributed by atoms with Crippen LogP contribution in [0.3, 0.4) is 0 Å².